The maximum Gasteiger partial charge on any atom is 0.284 e. The van der Waals surface area contributed by atoms with Crippen LogP contribution in [0.15, 0.2) is 18.7 Å². The monoisotopic (exact) mass is 239 g/mol. The van der Waals surface area contributed by atoms with E-state index in [-0.39, 0.29) is 0 Å². The Labute approximate surface area is 99.4 Å². The molecule has 88 valence electrons. The minimum absolute atomic E-state index is 0.480. The fraction of sp³-hybridized carbons (Fsp3) is 0.250. The zero-order chi connectivity index (χ0) is 12.6. The predicted molar refractivity (Wildman–Crippen MR) is 69.0 cm³/mol. The van der Waals surface area contributed by atoms with Gasteiger partial charge in [-0.15, -0.1) is 11.3 Å². The van der Waals surface area contributed by atoms with Crippen molar-refractivity contribution in [2.45, 2.75) is 20.8 Å². The molecule has 0 bridgehead atoms. The molecular weight excluding hydrogens is 222 g/mol. The van der Waals surface area contributed by atoms with Gasteiger partial charge in [0.15, 0.2) is 0 Å². The minimum Gasteiger partial charge on any atom is -0.288 e. The Morgan fingerprint density at radius 2 is 2.19 bits per heavy atom. The molecule has 0 aliphatic carbocycles. The molecule has 4 heteroatoms. The number of carbonyl (C=O) groups is 1. The summed E-state index contributed by atoms with van der Waals surface area (Å²) in [6.45, 7) is 9.48. The molecule has 0 aliphatic rings. The first-order valence-electron chi connectivity index (χ1n) is 5.06. The molecule has 3 nitrogen and oxygen atoms in total. The molecule has 16 heavy (non-hydrogen) atoms. The molecule has 0 unspecified atom stereocenters. The summed E-state index contributed by atoms with van der Waals surface area (Å²) in [6, 6.07) is 1.73. The number of nitrogens with one attached hydrogen (secondary N) is 1. The molecule has 0 aromatic carbocycles. The third-order valence-corrected chi connectivity index (χ3v) is 2.81. The van der Waals surface area contributed by atoms with E-state index in [1.54, 1.807) is 17.6 Å². The second-order valence-electron chi connectivity index (χ2n) is 2.56. The summed E-state index contributed by atoms with van der Waals surface area (Å²) >= 11 is 1.31. The highest BCUT2D eigenvalue weighted by molar-refractivity contribution is 7.12. The highest BCUT2D eigenvalue weighted by Gasteiger charge is 2.05. The largest absolute Gasteiger partial charge is 0.288 e. The van der Waals surface area contributed by atoms with Gasteiger partial charge in [0, 0.05) is 4.53 Å². The van der Waals surface area contributed by atoms with Crippen molar-refractivity contribution in [2.75, 3.05) is 0 Å². The second kappa shape index (κ2) is 7.84. The number of amides is 1. The van der Waals surface area contributed by atoms with Gasteiger partial charge in [0.1, 0.15) is 0 Å². The number of rotatable bonds is 2. The molecule has 1 amide bonds. The Balaban J connectivity index is 0.00000106. The number of allylic oxidation sites excluding steroid dienone is 1. The summed E-state index contributed by atoms with van der Waals surface area (Å²) in [6.07, 6.45) is 5.40. The molecular formula is C12H17NO2S. The summed E-state index contributed by atoms with van der Waals surface area (Å²) in [5.41, 5.74) is 1.61. The van der Waals surface area contributed by atoms with Crippen molar-refractivity contribution in [1.82, 2.24) is 5.48 Å². The van der Waals surface area contributed by atoms with Gasteiger partial charge in [0.25, 0.3) is 5.91 Å². The molecule has 0 atom stereocenters. The molecule has 0 saturated heterocycles. The summed E-state index contributed by atoms with van der Waals surface area (Å²) in [4.78, 5) is 11.6. The Bertz CT molecular complexity index is 460. The van der Waals surface area contributed by atoms with Crippen LogP contribution in [0.2, 0.25) is 0 Å². The van der Waals surface area contributed by atoms with Gasteiger partial charge in [-0.05, 0) is 24.3 Å². The van der Waals surface area contributed by atoms with E-state index < -0.39 is 5.91 Å². The summed E-state index contributed by atoms with van der Waals surface area (Å²) < 4.78 is 0.959. The molecule has 1 rings (SSSR count). The topological polar surface area (TPSA) is 49.3 Å². The van der Waals surface area contributed by atoms with E-state index in [0.717, 1.165) is 9.75 Å². The van der Waals surface area contributed by atoms with Crippen molar-refractivity contribution < 1.29 is 10.0 Å². The Morgan fingerprint density at radius 3 is 2.62 bits per heavy atom. The van der Waals surface area contributed by atoms with Crippen LogP contribution in [-0.2, 0) is 0 Å². The first kappa shape index (κ1) is 14.6. The van der Waals surface area contributed by atoms with Crippen LogP contribution in [0.5, 0.6) is 0 Å². The first-order chi connectivity index (χ1) is 7.72. The third-order valence-electron chi connectivity index (χ3n) is 1.70. The lowest BCUT2D eigenvalue weighted by molar-refractivity contribution is 0.0711. The maximum absolute atomic E-state index is 11.1. The van der Waals surface area contributed by atoms with E-state index in [9.17, 15) is 4.79 Å². The number of hydrogen-bond donors (Lipinski definition) is 2. The van der Waals surface area contributed by atoms with Gasteiger partial charge in [-0.25, -0.2) is 5.48 Å². The fourth-order valence-corrected chi connectivity index (χ4v) is 2.07. The van der Waals surface area contributed by atoms with Crippen molar-refractivity contribution in [1.29, 1.82) is 0 Å². The average molecular weight is 239 g/mol. The highest BCUT2D eigenvalue weighted by Crippen LogP contribution is 1.99. The van der Waals surface area contributed by atoms with Crippen molar-refractivity contribution in [3.05, 3.63) is 33.3 Å². The lowest BCUT2D eigenvalue weighted by atomic mass is 10.3. The first-order valence-corrected chi connectivity index (χ1v) is 5.88. The van der Waals surface area contributed by atoms with Crippen LogP contribution < -0.4 is 15.2 Å². The number of thiophene rings is 1. The molecule has 0 spiro atoms. The fourth-order valence-electron chi connectivity index (χ4n) is 1.05. The lowest BCUT2D eigenvalue weighted by Crippen LogP contribution is -2.17. The van der Waals surface area contributed by atoms with Gasteiger partial charge < -0.3 is 0 Å². The van der Waals surface area contributed by atoms with E-state index in [1.807, 2.05) is 32.9 Å². The zero-order valence-electron chi connectivity index (χ0n) is 9.78. The third kappa shape index (κ3) is 3.64. The zero-order valence-corrected chi connectivity index (χ0v) is 10.6. The van der Waals surface area contributed by atoms with E-state index in [2.05, 4.69) is 6.58 Å². The van der Waals surface area contributed by atoms with Crippen molar-refractivity contribution in [2.24, 2.45) is 0 Å². The summed E-state index contributed by atoms with van der Waals surface area (Å²) in [5, 5.41) is 9.42. The van der Waals surface area contributed by atoms with Gasteiger partial charge in [-0.1, -0.05) is 32.6 Å². The molecule has 0 aliphatic heterocycles. The smallest absolute Gasteiger partial charge is 0.284 e. The number of hydrogen-bond acceptors (Lipinski definition) is 3. The van der Waals surface area contributed by atoms with Gasteiger partial charge >= 0.3 is 0 Å². The standard InChI is InChI=1S/C10H11NO2S.C2H6/c1-3-5-8-7(4-2)6-9(14-8)10(12)11-13;1-2/h3-6,13H,1H2,2H3,(H,11,12);1-2H3/b7-4-,8-5+;. The summed E-state index contributed by atoms with van der Waals surface area (Å²) in [7, 11) is 0. The SMILES string of the molecule is C=C/C=c1/sc(C(=O)NO)c/c1=C/C.CC. The predicted octanol–water partition coefficient (Wildman–Crippen LogP) is 1.66. The molecule has 0 radical (unpaired) electrons. The molecule has 1 aromatic heterocycles. The van der Waals surface area contributed by atoms with Crippen molar-refractivity contribution in [3.8, 4) is 0 Å². The minimum atomic E-state index is -0.484. The summed E-state index contributed by atoms with van der Waals surface area (Å²) in [5.74, 6) is -0.484. The van der Waals surface area contributed by atoms with Crippen LogP contribution in [0.1, 0.15) is 30.4 Å². The van der Waals surface area contributed by atoms with Crippen LogP contribution >= 0.6 is 11.3 Å². The van der Waals surface area contributed by atoms with Crippen LogP contribution in [-0.4, -0.2) is 11.1 Å². The Morgan fingerprint density at radius 1 is 1.56 bits per heavy atom. The van der Waals surface area contributed by atoms with Gasteiger partial charge in [-0.3, -0.25) is 10.0 Å². The lowest BCUT2D eigenvalue weighted by Gasteiger charge is -1.89. The highest BCUT2D eigenvalue weighted by atomic mass is 32.1. The van der Waals surface area contributed by atoms with Crippen molar-refractivity contribution >= 4 is 29.4 Å². The molecule has 1 aromatic rings. The quantitative estimate of drug-likeness (QED) is 0.609. The number of carbonyl (C=O) groups excluding carboxylic acids is 1. The second-order valence-corrected chi connectivity index (χ2v) is 3.65. The van der Waals surface area contributed by atoms with Crippen LogP contribution in [0.3, 0.4) is 0 Å². The van der Waals surface area contributed by atoms with Gasteiger partial charge in [0.2, 0.25) is 0 Å². The van der Waals surface area contributed by atoms with E-state index in [1.165, 1.54) is 11.3 Å². The molecule has 2 N–H and O–H groups in total. The average Bonchev–Trinajstić information content (AvgIpc) is 2.74. The Kier molecular flexibility index (Phi) is 7.16. The van der Waals surface area contributed by atoms with Gasteiger partial charge in [0.05, 0.1) is 4.88 Å². The molecule has 0 saturated carbocycles. The van der Waals surface area contributed by atoms with E-state index >= 15 is 0 Å². The van der Waals surface area contributed by atoms with Gasteiger partial charge in [-0.2, -0.15) is 0 Å². The molecule has 0 fully saturated rings. The number of hydroxylamine groups is 1. The van der Waals surface area contributed by atoms with Crippen LogP contribution in [0, 0.1) is 0 Å². The van der Waals surface area contributed by atoms with Crippen molar-refractivity contribution in [3.63, 3.8) is 0 Å². The Hall–Kier alpha value is -1.39. The van der Waals surface area contributed by atoms with E-state index in [4.69, 9.17) is 5.21 Å². The van der Waals surface area contributed by atoms with Crippen LogP contribution in [0.4, 0.5) is 0 Å². The maximum atomic E-state index is 11.1. The molecule has 1 heterocycles. The van der Waals surface area contributed by atoms with E-state index in [0.29, 0.717) is 4.88 Å². The normalized spacial score (nSPS) is 11.8. The van der Waals surface area contributed by atoms with Crippen LogP contribution in [0.25, 0.3) is 12.2 Å².